The van der Waals surface area contributed by atoms with E-state index in [4.69, 9.17) is 4.74 Å². The largest absolute Gasteiger partial charge is 0.368 e. The second kappa shape index (κ2) is 8.97. The summed E-state index contributed by atoms with van der Waals surface area (Å²) in [6, 6.07) is 10.2. The van der Waals surface area contributed by atoms with Gasteiger partial charge in [0.15, 0.2) is 6.54 Å². The Morgan fingerprint density at radius 3 is 2.64 bits per heavy atom. The first-order valence-electron chi connectivity index (χ1n) is 9.27. The van der Waals surface area contributed by atoms with Crippen molar-refractivity contribution in [3.63, 3.8) is 0 Å². The normalized spacial score (nSPS) is 21.3. The van der Waals surface area contributed by atoms with Gasteiger partial charge in [-0.25, -0.2) is 0 Å². The number of nitrogens with zero attached hydrogens (tertiary/aromatic N) is 1. The molecule has 2 aliphatic rings. The van der Waals surface area contributed by atoms with Crippen LogP contribution in [0.3, 0.4) is 0 Å². The first kappa shape index (κ1) is 17.9. The molecule has 0 bridgehead atoms. The molecule has 0 unspecified atom stereocenters. The van der Waals surface area contributed by atoms with Crippen LogP contribution < -0.4 is 10.2 Å². The van der Waals surface area contributed by atoms with E-state index in [0.29, 0.717) is 32.8 Å². The predicted octanol–water partition coefficient (Wildman–Crippen LogP) is -0.749. The second-order valence-corrected chi connectivity index (χ2v) is 6.84. The smallest absolute Gasteiger partial charge is 0.275 e. The third-order valence-electron chi connectivity index (χ3n) is 4.98. The topological polar surface area (TPSA) is 63.1 Å². The Balaban J connectivity index is 1.32. The molecule has 2 fully saturated rings. The van der Waals surface area contributed by atoms with Gasteiger partial charge in [0.1, 0.15) is 6.10 Å². The number of piperazine rings is 1. The van der Waals surface area contributed by atoms with Crippen LogP contribution in [-0.4, -0.2) is 68.7 Å². The molecule has 2 heterocycles. The number of carbonyl (C=O) groups excluding carboxylic acids is 2. The summed E-state index contributed by atoms with van der Waals surface area (Å²) >= 11 is 0. The van der Waals surface area contributed by atoms with Crippen molar-refractivity contribution in [2.75, 3.05) is 45.9 Å². The van der Waals surface area contributed by atoms with Crippen molar-refractivity contribution in [1.82, 2.24) is 10.2 Å². The van der Waals surface area contributed by atoms with E-state index in [-0.39, 0.29) is 17.9 Å². The average Bonchev–Trinajstić information content (AvgIpc) is 3.17. The van der Waals surface area contributed by atoms with Gasteiger partial charge in [0.05, 0.1) is 26.2 Å². The van der Waals surface area contributed by atoms with E-state index < -0.39 is 0 Å². The van der Waals surface area contributed by atoms with Gasteiger partial charge in [-0.15, -0.1) is 0 Å². The first-order valence-corrected chi connectivity index (χ1v) is 9.27. The average molecular weight is 346 g/mol. The Bertz CT molecular complexity index is 565. The summed E-state index contributed by atoms with van der Waals surface area (Å²) < 4.78 is 5.48. The molecular formula is C19H28N3O3+. The van der Waals surface area contributed by atoms with Gasteiger partial charge in [0.25, 0.3) is 11.8 Å². The number of amides is 2. The highest BCUT2D eigenvalue weighted by Crippen LogP contribution is 2.14. The van der Waals surface area contributed by atoms with Gasteiger partial charge in [0.2, 0.25) is 0 Å². The summed E-state index contributed by atoms with van der Waals surface area (Å²) in [5, 5.41) is 3.00. The molecule has 1 aromatic carbocycles. The zero-order valence-corrected chi connectivity index (χ0v) is 14.7. The SMILES string of the molecule is O=C(C[NH+]1CCN(C(=O)[C@H]2CCCO2)CC1)NCCc1ccccc1. The fourth-order valence-electron chi connectivity index (χ4n) is 3.48. The minimum atomic E-state index is -0.233. The molecule has 0 saturated carbocycles. The maximum atomic E-state index is 12.3. The Kier molecular flexibility index (Phi) is 6.42. The fourth-order valence-corrected chi connectivity index (χ4v) is 3.48. The van der Waals surface area contributed by atoms with Crippen molar-refractivity contribution >= 4 is 11.8 Å². The van der Waals surface area contributed by atoms with E-state index in [9.17, 15) is 9.59 Å². The van der Waals surface area contributed by atoms with Gasteiger partial charge in [-0.2, -0.15) is 0 Å². The second-order valence-electron chi connectivity index (χ2n) is 6.84. The lowest BCUT2D eigenvalue weighted by Crippen LogP contribution is -3.15. The molecule has 2 amide bonds. The molecule has 1 aromatic rings. The van der Waals surface area contributed by atoms with Crippen LogP contribution in [-0.2, 0) is 20.7 Å². The molecule has 6 heteroatoms. The Labute approximate surface area is 149 Å². The summed E-state index contributed by atoms with van der Waals surface area (Å²) in [6.07, 6.45) is 2.44. The number of quaternary nitrogens is 1. The zero-order chi connectivity index (χ0) is 17.5. The third kappa shape index (κ3) is 5.28. The molecular weight excluding hydrogens is 318 g/mol. The minimum Gasteiger partial charge on any atom is -0.368 e. The number of rotatable bonds is 6. The van der Waals surface area contributed by atoms with Crippen LogP contribution in [0.15, 0.2) is 30.3 Å². The molecule has 0 aliphatic carbocycles. The third-order valence-corrected chi connectivity index (χ3v) is 4.98. The van der Waals surface area contributed by atoms with E-state index in [1.807, 2.05) is 23.1 Å². The monoisotopic (exact) mass is 346 g/mol. The summed E-state index contributed by atoms with van der Waals surface area (Å²) in [6.45, 7) is 4.92. The molecule has 1 atom stereocenters. The summed E-state index contributed by atoms with van der Waals surface area (Å²) in [4.78, 5) is 27.6. The number of hydrogen-bond acceptors (Lipinski definition) is 3. The Hall–Kier alpha value is -1.92. The molecule has 0 spiro atoms. The van der Waals surface area contributed by atoms with Crippen LogP contribution in [0.4, 0.5) is 0 Å². The molecule has 25 heavy (non-hydrogen) atoms. The van der Waals surface area contributed by atoms with Gasteiger partial charge in [-0.3, -0.25) is 9.59 Å². The molecule has 6 nitrogen and oxygen atoms in total. The zero-order valence-electron chi connectivity index (χ0n) is 14.7. The highest BCUT2D eigenvalue weighted by Gasteiger charge is 2.31. The van der Waals surface area contributed by atoms with Crippen molar-refractivity contribution < 1.29 is 19.2 Å². The van der Waals surface area contributed by atoms with E-state index in [1.54, 1.807) is 0 Å². The maximum absolute atomic E-state index is 12.3. The van der Waals surface area contributed by atoms with Crippen LogP contribution in [0.2, 0.25) is 0 Å². The highest BCUT2D eigenvalue weighted by molar-refractivity contribution is 5.81. The molecule has 2 saturated heterocycles. The van der Waals surface area contributed by atoms with E-state index in [2.05, 4.69) is 17.4 Å². The van der Waals surface area contributed by atoms with Crippen molar-refractivity contribution in [2.24, 2.45) is 0 Å². The van der Waals surface area contributed by atoms with E-state index >= 15 is 0 Å². The quantitative estimate of drug-likeness (QED) is 0.713. The fraction of sp³-hybridized carbons (Fsp3) is 0.579. The number of hydrogen-bond donors (Lipinski definition) is 2. The number of ether oxygens (including phenoxy) is 1. The summed E-state index contributed by atoms with van der Waals surface area (Å²) in [5.41, 5.74) is 1.23. The number of nitrogens with one attached hydrogen (secondary N) is 2. The standard InChI is InChI=1S/C19H27N3O3/c23-18(20-9-8-16-5-2-1-3-6-16)15-21-10-12-22(13-11-21)19(24)17-7-4-14-25-17/h1-3,5-6,17H,4,7-15H2,(H,20,23)/p+1/t17-/m1/s1. The number of benzene rings is 1. The molecule has 2 N–H and O–H groups in total. The minimum absolute atomic E-state index is 0.0878. The molecule has 136 valence electrons. The summed E-state index contributed by atoms with van der Waals surface area (Å²) in [7, 11) is 0. The van der Waals surface area contributed by atoms with Crippen molar-refractivity contribution in [1.29, 1.82) is 0 Å². The predicted molar refractivity (Wildman–Crippen MR) is 94.3 cm³/mol. The maximum Gasteiger partial charge on any atom is 0.275 e. The molecule has 0 aromatic heterocycles. The van der Waals surface area contributed by atoms with E-state index in [0.717, 1.165) is 32.4 Å². The lowest BCUT2D eigenvalue weighted by atomic mass is 10.1. The molecule has 2 aliphatic heterocycles. The van der Waals surface area contributed by atoms with Gasteiger partial charge < -0.3 is 19.9 Å². The van der Waals surface area contributed by atoms with E-state index in [1.165, 1.54) is 10.5 Å². The Morgan fingerprint density at radius 1 is 1.20 bits per heavy atom. The van der Waals surface area contributed by atoms with Crippen LogP contribution in [0.1, 0.15) is 18.4 Å². The van der Waals surface area contributed by atoms with Crippen molar-refractivity contribution in [2.45, 2.75) is 25.4 Å². The van der Waals surface area contributed by atoms with Crippen molar-refractivity contribution in [3.8, 4) is 0 Å². The lowest BCUT2D eigenvalue weighted by Gasteiger charge is -2.33. The highest BCUT2D eigenvalue weighted by atomic mass is 16.5. The van der Waals surface area contributed by atoms with Gasteiger partial charge in [-0.05, 0) is 24.8 Å². The van der Waals surface area contributed by atoms with Crippen molar-refractivity contribution in [3.05, 3.63) is 35.9 Å². The van der Waals surface area contributed by atoms with Crippen LogP contribution in [0, 0.1) is 0 Å². The van der Waals surface area contributed by atoms with Crippen LogP contribution in [0.25, 0.3) is 0 Å². The van der Waals surface area contributed by atoms with Crippen LogP contribution >= 0.6 is 0 Å². The molecule has 3 rings (SSSR count). The molecule has 0 radical (unpaired) electrons. The van der Waals surface area contributed by atoms with Gasteiger partial charge in [-0.1, -0.05) is 30.3 Å². The first-order chi connectivity index (χ1) is 12.2. The van der Waals surface area contributed by atoms with Crippen LogP contribution in [0.5, 0.6) is 0 Å². The number of carbonyl (C=O) groups is 2. The lowest BCUT2D eigenvalue weighted by molar-refractivity contribution is -0.896. The Morgan fingerprint density at radius 2 is 1.96 bits per heavy atom. The van der Waals surface area contributed by atoms with Gasteiger partial charge in [0, 0.05) is 13.2 Å². The summed E-state index contributed by atoms with van der Waals surface area (Å²) in [5.74, 6) is 0.216. The van der Waals surface area contributed by atoms with Gasteiger partial charge >= 0.3 is 0 Å².